The first-order chi connectivity index (χ1) is 11.0. The van der Waals surface area contributed by atoms with Crippen molar-refractivity contribution in [2.24, 2.45) is 0 Å². The van der Waals surface area contributed by atoms with Gasteiger partial charge in [0.25, 0.3) is 0 Å². The highest BCUT2D eigenvalue weighted by atomic mass is 16.3. The molecule has 0 radical (unpaired) electrons. The molecule has 0 aliphatic heterocycles. The molecular formula is C20H28N2O. The van der Waals surface area contributed by atoms with Crippen molar-refractivity contribution in [1.29, 1.82) is 0 Å². The van der Waals surface area contributed by atoms with E-state index in [2.05, 4.69) is 55.9 Å². The zero-order chi connectivity index (χ0) is 16.8. The number of nitrogens with zero attached hydrogens (tertiary/aromatic N) is 1. The molecule has 2 aromatic rings. The molecule has 2 N–H and O–H groups in total. The molecule has 0 unspecified atom stereocenters. The van der Waals surface area contributed by atoms with Gasteiger partial charge in [-0.05, 0) is 57.9 Å². The Kier molecular flexibility index (Phi) is 6.05. The number of phenols is 1. The van der Waals surface area contributed by atoms with Crippen LogP contribution >= 0.6 is 0 Å². The first kappa shape index (κ1) is 17.4. The molecule has 0 fully saturated rings. The lowest BCUT2D eigenvalue weighted by Crippen LogP contribution is -2.26. The number of allylic oxidation sites excluding steroid dienone is 2. The maximum atomic E-state index is 9.70. The Bertz CT molecular complexity index is 682. The van der Waals surface area contributed by atoms with Gasteiger partial charge in [-0.2, -0.15) is 0 Å². The Morgan fingerprint density at radius 3 is 2.35 bits per heavy atom. The lowest BCUT2D eigenvalue weighted by atomic mass is 10.1. The summed E-state index contributed by atoms with van der Waals surface area (Å²) in [6, 6.07) is 5.49. The third kappa shape index (κ3) is 5.29. The summed E-state index contributed by atoms with van der Waals surface area (Å²) < 4.78 is 0. The van der Waals surface area contributed by atoms with Crippen molar-refractivity contribution in [3.05, 3.63) is 53.3 Å². The van der Waals surface area contributed by atoms with Crippen LogP contribution in [0.4, 0.5) is 0 Å². The molecule has 0 atom stereocenters. The molecule has 3 nitrogen and oxygen atoms in total. The quantitative estimate of drug-likeness (QED) is 0.730. The second-order valence-electron chi connectivity index (χ2n) is 6.62. The first-order valence-electron chi connectivity index (χ1n) is 8.24. The number of aromatic nitrogens is 1. The van der Waals surface area contributed by atoms with Gasteiger partial charge in [0.2, 0.25) is 0 Å². The molecule has 0 saturated carbocycles. The van der Waals surface area contributed by atoms with E-state index in [0.29, 0.717) is 5.75 Å². The molecule has 0 spiro atoms. The molecule has 0 saturated heterocycles. The predicted octanol–water partition coefficient (Wildman–Crippen LogP) is 4.65. The van der Waals surface area contributed by atoms with Gasteiger partial charge in [-0.3, -0.25) is 4.90 Å². The minimum absolute atomic E-state index is 0.323. The first-order valence-corrected chi connectivity index (χ1v) is 8.24. The van der Waals surface area contributed by atoms with Crippen molar-refractivity contribution < 1.29 is 5.11 Å². The minimum Gasteiger partial charge on any atom is -0.508 e. The molecule has 0 bridgehead atoms. The Hall–Kier alpha value is -2.00. The molecule has 0 aliphatic rings. The van der Waals surface area contributed by atoms with E-state index in [1.807, 2.05) is 12.1 Å². The van der Waals surface area contributed by atoms with Crippen LogP contribution in [0, 0.1) is 0 Å². The monoisotopic (exact) mass is 312 g/mol. The van der Waals surface area contributed by atoms with E-state index >= 15 is 0 Å². The van der Waals surface area contributed by atoms with Crippen LogP contribution in [0.5, 0.6) is 5.75 Å². The van der Waals surface area contributed by atoms with Crippen molar-refractivity contribution in [2.75, 3.05) is 19.6 Å². The normalized spacial score (nSPS) is 11.0. The van der Waals surface area contributed by atoms with Crippen molar-refractivity contribution in [2.45, 2.75) is 34.1 Å². The van der Waals surface area contributed by atoms with Gasteiger partial charge in [0.1, 0.15) is 5.75 Å². The maximum absolute atomic E-state index is 9.70. The molecule has 0 amide bonds. The Morgan fingerprint density at radius 2 is 1.74 bits per heavy atom. The summed E-state index contributed by atoms with van der Waals surface area (Å²) in [4.78, 5) is 5.73. The maximum Gasteiger partial charge on any atom is 0.116 e. The van der Waals surface area contributed by atoms with E-state index in [-0.39, 0.29) is 0 Å². The van der Waals surface area contributed by atoms with E-state index < -0.39 is 0 Å². The summed E-state index contributed by atoms with van der Waals surface area (Å²) in [5, 5.41) is 10.8. The van der Waals surface area contributed by atoms with E-state index in [4.69, 9.17) is 0 Å². The fourth-order valence-electron chi connectivity index (χ4n) is 2.53. The van der Waals surface area contributed by atoms with Crippen molar-refractivity contribution in [3.8, 4) is 5.75 Å². The Morgan fingerprint density at radius 1 is 1.09 bits per heavy atom. The number of benzene rings is 1. The number of fused-ring (bicyclic) bond motifs is 1. The van der Waals surface area contributed by atoms with Crippen LogP contribution < -0.4 is 0 Å². The van der Waals surface area contributed by atoms with E-state index in [0.717, 1.165) is 37.0 Å². The molecule has 0 aliphatic carbocycles. The summed E-state index contributed by atoms with van der Waals surface area (Å²) in [6.07, 6.45) is 7.58. The molecule has 3 heteroatoms. The summed E-state index contributed by atoms with van der Waals surface area (Å²) in [5.74, 6) is 0.323. The predicted molar refractivity (Wildman–Crippen MR) is 99.0 cm³/mol. The molecule has 1 heterocycles. The average molecular weight is 312 g/mol. The standard InChI is InChI=1S/C20H28N2O/c1-15(2)7-10-22(11-8-16(3)4)12-9-17-14-21-20-6-5-18(23)13-19(17)20/h5-8,13-14,21,23H,9-12H2,1-4H3. The van der Waals surface area contributed by atoms with Crippen molar-refractivity contribution in [1.82, 2.24) is 9.88 Å². The number of hydrogen-bond donors (Lipinski definition) is 2. The lowest BCUT2D eigenvalue weighted by Gasteiger charge is -2.19. The smallest absolute Gasteiger partial charge is 0.116 e. The van der Waals surface area contributed by atoms with Crippen LogP contribution in [-0.4, -0.2) is 34.6 Å². The third-order valence-corrected chi connectivity index (χ3v) is 3.96. The second kappa shape index (κ2) is 8.02. The van der Waals surface area contributed by atoms with E-state index in [1.54, 1.807) is 6.07 Å². The van der Waals surface area contributed by atoms with Gasteiger partial charge in [-0.15, -0.1) is 0 Å². The second-order valence-corrected chi connectivity index (χ2v) is 6.62. The van der Waals surface area contributed by atoms with Gasteiger partial charge in [0.15, 0.2) is 0 Å². The summed E-state index contributed by atoms with van der Waals surface area (Å²) in [6.45, 7) is 11.5. The van der Waals surface area contributed by atoms with Gasteiger partial charge in [0, 0.05) is 36.7 Å². The summed E-state index contributed by atoms with van der Waals surface area (Å²) in [5.41, 5.74) is 5.04. The SMILES string of the molecule is CC(C)=CCN(CC=C(C)C)CCc1c[nH]c2ccc(O)cc12. The van der Waals surface area contributed by atoms with E-state index in [1.165, 1.54) is 16.7 Å². The summed E-state index contributed by atoms with van der Waals surface area (Å²) >= 11 is 0. The van der Waals surface area contributed by atoms with Crippen LogP contribution in [0.2, 0.25) is 0 Å². The van der Waals surface area contributed by atoms with Crippen LogP contribution in [-0.2, 0) is 6.42 Å². The molecule has 1 aromatic heterocycles. The minimum atomic E-state index is 0.323. The number of hydrogen-bond acceptors (Lipinski definition) is 2. The highest BCUT2D eigenvalue weighted by Gasteiger charge is 2.07. The highest BCUT2D eigenvalue weighted by molar-refractivity contribution is 5.84. The Balaban J connectivity index is 2.07. The zero-order valence-corrected chi connectivity index (χ0v) is 14.7. The number of nitrogens with one attached hydrogen (secondary N) is 1. The van der Waals surface area contributed by atoms with Crippen molar-refractivity contribution >= 4 is 10.9 Å². The number of aromatic hydroxyl groups is 1. The average Bonchev–Trinajstić information content (AvgIpc) is 2.88. The third-order valence-electron chi connectivity index (χ3n) is 3.96. The Labute approximate surface area is 139 Å². The molecule has 124 valence electrons. The van der Waals surface area contributed by atoms with E-state index in [9.17, 15) is 5.11 Å². The zero-order valence-electron chi connectivity index (χ0n) is 14.7. The van der Waals surface area contributed by atoms with Gasteiger partial charge in [0.05, 0.1) is 0 Å². The van der Waals surface area contributed by atoms with Crippen LogP contribution in [0.1, 0.15) is 33.3 Å². The fraction of sp³-hybridized carbons (Fsp3) is 0.400. The number of rotatable bonds is 7. The molecule has 23 heavy (non-hydrogen) atoms. The lowest BCUT2D eigenvalue weighted by molar-refractivity contribution is 0.338. The van der Waals surface area contributed by atoms with Gasteiger partial charge in [-0.25, -0.2) is 0 Å². The molecular weight excluding hydrogens is 284 g/mol. The van der Waals surface area contributed by atoms with Crippen LogP contribution in [0.3, 0.4) is 0 Å². The number of H-pyrrole nitrogens is 1. The molecule has 1 aromatic carbocycles. The molecule has 2 rings (SSSR count). The number of aromatic amines is 1. The topological polar surface area (TPSA) is 39.3 Å². The van der Waals surface area contributed by atoms with Crippen LogP contribution in [0.15, 0.2) is 47.7 Å². The van der Waals surface area contributed by atoms with Crippen LogP contribution in [0.25, 0.3) is 10.9 Å². The largest absolute Gasteiger partial charge is 0.508 e. The highest BCUT2D eigenvalue weighted by Crippen LogP contribution is 2.23. The van der Waals surface area contributed by atoms with Gasteiger partial charge < -0.3 is 10.1 Å². The van der Waals surface area contributed by atoms with Gasteiger partial charge in [-0.1, -0.05) is 23.3 Å². The number of phenolic OH excluding ortho intramolecular Hbond substituents is 1. The fourth-order valence-corrected chi connectivity index (χ4v) is 2.53. The summed E-state index contributed by atoms with van der Waals surface area (Å²) in [7, 11) is 0. The van der Waals surface area contributed by atoms with Gasteiger partial charge >= 0.3 is 0 Å². The van der Waals surface area contributed by atoms with Crippen molar-refractivity contribution in [3.63, 3.8) is 0 Å².